The minimum Gasteiger partial charge on any atom is -0.412 e. The summed E-state index contributed by atoms with van der Waals surface area (Å²) >= 11 is 0. The molecule has 0 aromatic rings. The topological polar surface area (TPSA) is 94.2 Å². The fraction of sp³-hybridized carbons (Fsp3) is 1.00. The summed E-state index contributed by atoms with van der Waals surface area (Å²) in [5, 5.41) is 0. The largest absolute Gasteiger partial charge is 0.412 e. The Morgan fingerprint density at radius 3 is 1.59 bits per heavy atom. The molecule has 29 heavy (non-hydrogen) atoms. The molecule has 0 fully saturated rings. The van der Waals surface area contributed by atoms with Crippen LogP contribution in [0.5, 0.6) is 0 Å². The van der Waals surface area contributed by atoms with Gasteiger partial charge in [-0.05, 0) is 39.0 Å². The SMILES string of the molecule is CCCCCCOCCC(CCCCC)OCCC(CCCCC)OCC.N.O. The molecule has 0 aromatic heterocycles. The molecule has 0 saturated carbocycles. The Bertz CT molecular complexity index is 280. The second-order valence-electron chi connectivity index (χ2n) is 7.81. The summed E-state index contributed by atoms with van der Waals surface area (Å²) in [5.41, 5.74) is 0. The van der Waals surface area contributed by atoms with Crippen molar-refractivity contribution in [1.29, 1.82) is 0 Å². The molecule has 0 bridgehead atoms. The predicted octanol–water partition coefficient (Wildman–Crippen LogP) is 6.65. The zero-order chi connectivity index (χ0) is 20.0. The Morgan fingerprint density at radius 1 is 0.517 bits per heavy atom. The molecule has 2 unspecified atom stereocenters. The van der Waals surface area contributed by atoms with Gasteiger partial charge in [-0.1, -0.05) is 78.6 Å². The van der Waals surface area contributed by atoms with Gasteiger partial charge < -0.3 is 25.8 Å². The van der Waals surface area contributed by atoms with Crippen molar-refractivity contribution in [2.75, 3.05) is 26.4 Å². The van der Waals surface area contributed by atoms with Crippen molar-refractivity contribution < 1.29 is 19.7 Å². The molecule has 0 aliphatic carbocycles. The van der Waals surface area contributed by atoms with Crippen LogP contribution in [-0.2, 0) is 14.2 Å². The molecule has 5 heteroatoms. The van der Waals surface area contributed by atoms with Crippen LogP contribution in [0.2, 0.25) is 0 Å². The Hall–Kier alpha value is -0.200. The number of hydrogen-bond donors (Lipinski definition) is 1. The maximum Gasteiger partial charge on any atom is 0.0597 e. The minimum absolute atomic E-state index is 0. The van der Waals surface area contributed by atoms with E-state index >= 15 is 0 Å². The zero-order valence-corrected chi connectivity index (χ0v) is 20.3. The fourth-order valence-electron chi connectivity index (χ4n) is 3.42. The molecule has 5 nitrogen and oxygen atoms in total. The van der Waals surface area contributed by atoms with Crippen molar-refractivity contribution in [3.05, 3.63) is 0 Å². The van der Waals surface area contributed by atoms with Crippen molar-refractivity contribution in [2.45, 2.75) is 130 Å². The maximum atomic E-state index is 6.26. The first-order chi connectivity index (χ1) is 13.3. The normalized spacial score (nSPS) is 12.8. The molecule has 180 valence electrons. The van der Waals surface area contributed by atoms with Gasteiger partial charge in [0.2, 0.25) is 0 Å². The average molecular weight is 422 g/mol. The second-order valence-corrected chi connectivity index (χ2v) is 7.81. The third-order valence-electron chi connectivity index (χ3n) is 5.18. The Labute approximate surface area is 182 Å². The fourth-order valence-corrected chi connectivity index (χ4v) is 3.42. The lowest BCUT2D eigenvalue weighted by molar-refractivity contribution is -0.0166. The highest BCUT2D eigenvalue weighted by atomic mass is 16.5. The molecule has 0 aliphatic rings. The van der Waals surface area contributed by atoms with Crippen molar-refractivity contribution in [3.63, 3.8) is 0 Å². The molecular formula is C24H55NO4. The number of rotatable bonds is 22. The highest BCUT2D eigenvalue weighted by Crippen LogP contribution is 2.15. The Kier molecular flexibility index (Phi) is 32.1. The second kappa shape index (κ2) is 27.8. The van der Waals surface area contributed by atoms with E-state index in [1.165, 1.54) is 77.0 Å². The maximum absolute atomic E-state index is 6.26. The quantitative estimate of drug-likeness (QED) is 0.198. The molecule has 5 N–H and O–H groups in total. The Morgan fingerprint density at radius 2 is 1.03 bits per heavy atom. The summed E-state index contributed by atoms with van der Waals surface area (Å²) in [6, 6.07) is 0. The van der Waals surface area contributed by atoms with Gasteiger partial charge in [0.25, 0.3) is 0 Å². The van der Waals surface area contributed by atoms with Crippen molar-refractivity contribution >= 4 is 0 Å². The van der Waals surface area contributed by atoms with Gasteiger partial charge in [0, 0.05) is 26.4 Å². The van der Waals surface area contributed by atoms with Gasteiger partial charge in [-0.15, -0.1) is 0 Å². The molecule has 2 atom stereocenters. The van der Waals surface area contributed by atoms with Crippen LogP contribution in [0, 0.1) is 0 Å². The molecule has 0 spiro atoms. The molecule has 0 radical (unpaired) electrons. The van der Waals surface area contributed by atoms with Crippen LogP contribution in [0.25, 0.3) is 0 Å². The van der Waals surface area contributed by atoms with Crippen LogP contribution < -0.4 is 6.15 Å². The van der Waals surface area contributed by atoms with E-state index in [0.717, 1.165) is 39.3 Å². The lowest BCUT2D eigenvalue weighted by Crippen LogP contribution is -2.21. The first kappa shape index (κ1) is 33.4. The molecule has 0 rings (SSSR count). The van der Waals surface area contributed by atoms with Gasteiger partial charge in [-0.2, -0.15) is 0 Å². The summed E-state index contributed by atoms with van der Waals surface area (Å²) in [5.74, 6) is 0. The van der Waals surface area contributed by atoms with E-state index in [1.54, 1.807) is 0 Å². The molecule has 0 heterocycles. The number of hydrogen-bond acceptors (Lipinski definition) is 4. The van der Waals surface area contributed by atoms with Gasteiger partial charge in [0.05, 0.1) is 12.2 Å². The lowest BCUT2D eigenvalue weighted by Gasteiger charge is -2.21. The monoisotopic (exact) mass is 421 g/mol. The highest BCUT2D eigenvalue weighted by molar-refractivity contribution is 4.62. The van der Waals surface area contributed by atoms with Crippen LogP contribution in [-0.4, -0.2) is 44.1 Å². The van der Waals surface area contributed by atoms with Crippen LogP contribution in [0.4, 0.5) is 0 Å². The smallest absolute Gasteiger partial charge is 0.0597 e. The van der Waals surface area contributed by atoms with E-state index in [9.17, 15) is 0 Å². The van der Waals surface area contributed by atoms with E-state index in [1.807, 2.05) is 0 Å². The molecular weight excluding hydrogens is 366 g/mol. The van der Waals surface area contributed by atoms with Crippen molar-refractivity contribution in [1.82, 2.24) is 6.15 Å². The molecule has 0 aliphatic heterocycles. The first-order valence-electron chi connectivity index (χ1n) is 12.1. The summed E-state index contributed by atoms with van der Waals surface area (Å²) in [6.07, 6.45) is 17.9. The summed E-state index contributed by atoms with van der Waals surface area (Å²) in [6.45, 7) is 12.2. The number of ether oxygens (including phenoxy) is 3. The molecule has 0 saturated heterocycles. The third kappa shape index (κ3) is 23.9. The first-order valence-corrected chi connectivity index (χ1v) is 12.1. The molecule has 0 aromatic carbocycles. The van der Waals surface area contributed by atoms with Gasteiger partial charge in [0.1, 0.15) is 0 Å². The summed E-state index contributed by atoms with van der Waals surface area (Å²) in [7, 11) is 0. The van der Waals surface area contributed by atoms with E-state index < -0.39 is 0 Å². The van der Waals surface area contributed by atoms with Gasteiger partial charge in [0.15, 0.2) is 0 Å². The summed E-state index contributed by atoms with van der Waals surface area (Å²) < 4.78 is 18.0. The predicted molar refractivity (Wildman–Crippen MR) is 126 cm³/mol. The van der Waals surface area contributed by atoms with Gasteiger partial charge >= 0.3 is 0 Å². The van der Waals surface area contributed by atoms with E-state index in [-0.39, 0.29) is 11.6 Å². The zero-order valence-electron chi connectivity index (χ0n) is 20.3. The Balaban J connectivity index is -0.00000338. The van der Waals surface area contributed by atoms with Crippen LogP contribution in [0.15, 0.2) is 0 Å². The number of unbranched alkanes of at least 4 members (excludes halogenated alkanes) is 7. The van der Waals surface area contributed by atoms with Crippen molar-refractivity contribution in [3.8, 4) is 0 Å². The average Bonchev–Trinajstić information content (AvgIpc) is 2.67. The van der Waals surface area contributed by atoms with Crippen molar-refractivity contribution in [2.24, 2.45) is 0 Å². The van der Waals surface area contributed by atoms with Gasteiger partial charge in [-0.3, -0.25) is 0 Å². The van der Waals surface area contributed by atoms with E-state index in [2.05, 4.69) is 27.7 Å². The summed E-state index contributed by atoms with van der Waals surface area (Å²) in [4.78, 5) is 0. The van der Waals surface area contributed by atoms with Crippen LogP contribution in [0.3, 0.4) is 0 Å². The van der Waals surface area contributed by atoms with E-state index in [0.29, 0.717) is 12.2 Å². The lowest BCUT2D eigenvalue weighted by atomic mass is 10.1. The van der Waals surface area contributed by atoms with Crippen LogP contribution in [0.1, 0.15) is 118 Å². The standard InChI is InChI=1S/C24H50O3.H3N.H2O/c1-5-9-12-15-20-25-21-18-24(17-14-11-7-3)27-22-19-23(26-8-4)16-13-10-6-2;;/h23-24H,5-22H2,1-4H3;1H3;1H2. The van der Waals surface area contributed by atoms with Crippen LogP contribution >= 0.6 is 0 Å². The minimum atomic E-state index is 0. The highest BCUT2D eigenvalue weighted by Gasteiger charge is 2.12. The third-order valence-corrected chi connectivity index (χ3v) is 5.18. The van der Waals surface area contributed by atoms with Gasteiger partial charge in [-0.25, -0.2) is 0 Å². The molecule has 0 amide bonds. The van der Waals surface area contributed by atoms with E-state index in [4.69, 9.17) is 14.2 Å².